The van der Waals surface area contributed by atoms with Gasteiger partial charge in [-0.25, -0.2) is 0 Å². The van der Waals surface area contributed by atoms with Crippen molar-refractivity contribution in [2.75, 3.05) is 32.8 Å². The minimum atomic E-state index is -0.557. The van der Waals surface area contributed by atoms with Crippen LogP contribution in [0.3, 0.4) is 0 Å². The number of β-amino-alcohol motifs (C(OH)–C–C–N with tert-alkyl or cyclic N) is 1. The Morgan fingerprint density at radius 1 is 1.03 bits per heavy atom. The molecule has 1 aromatic carbocycles. The summed E-state index contributed by atoms with van der Waals surface area (Å²) in [7, 11) is 0. The van der Waals surface area contributed by atoms with Crippen LogP contribution in [0.15, 0.2) is 48.8 Å². The fourth-order valence-corrected chi connectivity index (χ4v) is 4.32. The van der Waals surface area contributed by atoms with Crippen molar-refractivity contribution in [1.29, 1.82) is 0 Å². The largest absolute Gasteiger partial charge is 0.484 e. The summed E-state index contributed by atoms with van der Waals surface area (Å²) in [6.07, 6.45) is 6.87. The second-order valence-corrected chi connectivity index (χ2v) is 8.36. The summed E-state index contributed by atoms with van der Waals surface area (Å²) < 4.78 is 5.68. The number of carbonyl (C=O) groups is 2. The number of rotatable bonds is 6. The van der Waals surface area contributed by atoms with Gasteiger partial charge in [0.05, 0.1) is 6.10 Å². The maximum Gasteiger partial charge on any atom is 0.260 e. The van der Waals surface area contributed by atoms with Crippen molar-refractivity contribution in [2.45, 2.75) is 31.8 Å². The molecule has 2 fully saturated rings. The van der Waals surface area contributed by atoms with Gasteiger partial charge in [0.2, 0.25) is 0 Å². The Bertz CT molecular complexity index is 899. The third-order valence-corrected chi connectivity index (χ3v) is 6.09. The Morgan fingerprint density at radius 3 is 2.58 bits per heavy atom. The Balaban J connectivity index is 1.34. The van der Waals surface area contributed by atoms with Gasteiger partial charge in [-0.2, -0.15) is 0 Å². The molecule has 7 heteroatoms. The van der Waals surface area contributed by atoms with Crippen molar-refractivity contribution in [3.05, 3.63) is 59.9 Å². The number of aliphatic hydroxyl groups is 1. The molecule has 4 rings (SSSR count). The molecule has 3 heterocycles. The number of carbonyl (C=O) groups excluding carboxylic acids is 2. The van der Waals surface area contributed by atoms with Gasteiger partial charge in [0.25, 0.3) is 11.8 Å². The van der Waals surface area contributed by atoms with Gasteiger partial charge in [0, 0.05) is 50.1 Å². The van der Waals surface area contributed by atoms with Gasteiger partial charge in [-0.15, -0.1) is 0 Å². The van der Waals surface area contributed by atoms with Crippen LogP contribution in [0.25, 0.3) is 0 Å². The fourth-order valence-electron chi connectivity index (χ4n) is 4.32. The van der Waals surface area contributed by atoms with Gasteiger partial charge in [0.15, 0.2) is 6.61 Å². The highest BCUT2D eigenvalue weighted by atomic mass is 16.5. The SMILES string of the molecule is O=C(COc1cccc(C(=O)N2C[C@@H](Cc3ccncc3)[C@H](O)C2)c1)N1CCCCC1. The number of ether oxygens (including phenoxy) is 1. The number of hydrogen-bond acceptors (Lipinski definition) is 5. The van der Waals surface area contributed by atoms with Crippen molar-refractivity contribution < 1.29 is 19.4 Å². The van der Waals surface area contributed by atoms with E-state index in [1.807, 2.05) is 17.0 Å². The van der Waals surface area contributed by atoms with E-state index in [1.165, 1.54) is 6.42 Å². The molecule has 0 saturated carbocycles. The molecule has 31 heavy (non-hydrogen) atoms. The first-order chi connectivity index (χ1) is 15.1. The predicted octanol–water partition coefficient (Wildman–Crippen LogP) is 2.15. The van der Waals surface area contributed by atoms with E-state index < -0.39 is 6.10 Å². The molecule has 164 valence electrons. The molecule has 2 aromatic rings. The van der Waals surface area contributed by atoms with E-state index in [4.69, 9.17) is 4.74 Å². The molecule has 0 unspecified atom stereocenters. The van der Waals surface area contributed by atoms with Gasteiger partial charge < -0.3 is 19.6 Å². The first-order valence-corrected chi connectivity index (χ1v) is 11.0. The number of pyridine rings is 1. The number of likely N-dealkylation sites (tertiary alicyclic amines) is 2. The van der Waals surface area contributed by atoms with E-state index in [2.05, 4.69) is 4.98 Å². The molecule has 2 saturated heterocycles. The summed E-state index contributed by atoms with van der Waals surface area (Å²) in [5.74, 6) is 0.347. The molecule has 0 bridgehead atoms. The lowest BCUT2D eigenvalue weighted by Gasteiger charge is -2.26. The molecule has 2 amide bonds. The number of nitrogens with zero attached hydrogens (tertiary/aromatic N) is 3. The van der Waals surface area contributed by atoms with E-state index in [0.29, 0.717) is 30.8 Å². The molecule has 7 nitrogen and oxygen atoms in total. The van der Waals surface area contributed by atoms with Crippen LogP contribution in [0.1, 0.15) is 35.2 Å². The minimum Gasteiger partial charge on any atom is -0.484 e. The summed E-state index contributed by atoms with van der Waals surface area (Å²) >= 11 is 0. The van der Waals surface area contributed by atoms with Crippen molar-refractivity contribution in [3.63, 3.8) is 0 Å². The Kier molecular flexibility index (Phi) is 6.82. The number of hydrogen-bond donors (Lipinski definition) is 1. The van der Waals surface area contributed by atoms with E-state index in [1.54, 1.807) is 41.6 Å². The highest BCUT2D eigenvalue weighted by Gasteiger charge is 2.34. The number of benzene rings is 1. The van der Waals surface area contributed by atoms with Gasteiger partial charge in [0.1, 0.15) is 5.75 Å². The van der Waals surface area contributed by atoms with Gasteiger partial charge in [-0.3, -0.25) is 14.6 Å². The van der Waals surface area contributed by atoms with Crippen LogP contribution in [-0.4, -0.2) is 70.6 Å². The third-order valence-electron chi connectivity index (χ3n) is 6.09. The van der Waals surface area contributed by atoms with Crippen molar-refractivity contribution in [3.8, 4) is 5.75 Å². The zero-order chi connectivity index (χ0) is 21.6. The van der Waals surface area contributed by atoms with Gasteiger partial charge >= 0.3 is 0 Å². The van der Waals surface area contributed by atoms with E-state index in [-0.39, 0.29) is 24.3 Å². The number of aromatic nitrogens is 1. The molecular formula is C24H29N3O4. The molecule has 2 atom stereocenters. The minimum absolute atomic E-state index is 0.00653. The molecular weight excluding hydrogens is 394 g/mol. The van der Waals surface area contributed by atoms with Crippen molar-refractivity contribution >= 4 is 11.8 Å². The lowest BCUT2D eigenvalue weighted by atomic mass is 9.97. The Labute approximate surface area is 182 Å². The number of piperidine rings is 1. The van der Waals surface area contributed by atoms with Gasteiger partial charge in [-0.05, 0) is 61.6 Å². The van der Waals surface area contributed by atoms with E-state index in [9.17, 15) is 14.7 Å². The Morgan fingerprint density at radius 2 is 1.81 bits per heavy atom. The maximum atomic E-state index is 13.0. The standard InChI is InChI=1S/C24H29N3O4/c28-22-16-27(15-20(22)13-18-7-9-25-10-8-18)24(30)19-5-4-6-21(14-19)31-17-23(29)26-11-2-1-3-12-26/h4-10,14,20,22,28H,1-3,11-13,15-17H2/t20-,22-/m1/s1. The van der Waals surface area contributed by atoms with Crippen LogP contribution in [-0.2, 0) is 11.2 Å². The van der Waals surface area contributed by atoms with Crippen LogP contribution in [0.5, 0.6) is 5.75 Å². The van der Waals surface area contributed by atoms with E-state index >= 15 is 0 Å². The zero-order valence-corrected chi connectivity index (χ0v) is 17.7. The molecule has 2 aliphatic heterocycles. The lowest BCUT2D eigenvalue weighted by Crippen LogP contribution is -2.38. The zero-order valence-electron chi connectivity index (χ0n) is 17.7. The Hall–Kier alpha value is -2.93. The van der Waals surface area contributed by atoms with Crippen LogP contribution < -0.4 is 4.74 Å². The molecule has 0 radical (unpaired) electrons. The normalized spacial score (nSPS) is 21.2. The first kappa shape index (κ1) is 21.3. The molecule has 2 aliphatic rings. The lowest BCUT2D eigenvalue weighted by molar-refractivity contribution is -0.134. The topological polar surface area (TPSA) is 83.0 Å². The number of amides is 2. The summed E-state index contributed by atoms with van der Waals surface area (Å²) in [6, 6.07) is 10.8. The van der Waals surface area contributed by atoms with Gasteiger partial charge in [-0.1, -0.05) is 6.07 Å². The highest BCUT2D eigenvalue weighted by molar-refractivity contribution is 5.94. The second-order valence-electron chi connectivity index (χ2n) is 8.36. The summed E-state index contributed by atoms with van der Waals surface area (Å²) in [5, 5.41) is 10.5. The van der Waals surface area contributed by atoms with Crippen LogP contribution in [0, 0.1) is 5.92 Å². The van der Waals surface area contributed by atoms with Crippen LogP contribution in [0.2, 0.25) is 0 Å². The fraction of sp³-hybridized carbons (Fsp3) is 0.458. The molecule has 0 aliphatic carbocycles. The van der Waals surface area contributed by atoms with Crippen molar-refractivity contribution in [2.24, 2.45) is 5.92 Å². The second kappa shape index (κ2) is 9.92. The quantitative estimate of drug-likeness (QED) is 0.770. The predicted molar refractivity (Wildman–Crippen MR) is 116 cm³/mol. The average Bonchev–Trinajstić information content (AvgIpc) is 3.18. The van der Waals surface area contributed by atoms with E-state index in [0.717, 1.165) is 31.5 Å². The maximum absolute atomic E-state index is 13.0. The van der Waals surface area contributed by atoms with Crippen LogP contribution in [0.4, 0.5) is 0 Å². The summed E-state index contributed by atoms with van der Waals surface area (Å²) in [4.78, 5) is 32.9. The van der Waals surface area contributed by atoms with Crippen molar-refractivity contribution in [1.82, 2.24) is 14.8 Å². The summed E-state index contributed by atoms with van der Waals surface area (Å²) in [6.45, 7) is 2.37. The number of aliphatic hydroxyl groups excluding tert-OH is 1. The third kappa shape index (κ3) is 5.41. The first-order valence-electron chi connectivity index (χ1n) is 11.0. The molecule has 0 spiro atoms. The monoisotopic (exact) mass is 423 g/mol. The molecule has 1 aromatic heterocycles. The molecule has 1 N–H and O–H groups in total. The average molecular weight is 424 g/mol. The van der Waals surface area contributed by atoms with Crippen LogP contribution >= 0.6 is 0 Å². The smallest absolute Gasteiger partial charge is 0.260 e. The summed E-state index contributed by atoms with van der Waals surface area (Å²) in [5.41, 5.74) is 1.60. The highest BCUT2D eigenvalue weighted by Crippen LogP contribution is 2.24.